The standard InChI is InChI=1S/C24H25F2NO6/c1-5-33-23(30)15-8-9-16(19(13-15)27(31)32)21(22(29)24(2,3)4)20(28)11-7-14-6-10-17(25)18(26)12-14/h6,8-10,12-13,21H,5,7,11H2,1-4H3. The summed E-state index contributed by atoms with van der Waals surface area (Å²) in [5, 5.41) is 11.8. The molecule has 0 aliphatic rings. The van der Waals surface area contributed by atoms with Gasteiger partial charge in [0.2, 0.25) is 0 Å². The molecule has 9 heteroatoms. The normalized spacial score (nSPS) is 12.2. The van der Waals surface area contributed by atoms with Gasteiger partial charge in [-0.25, -0.2) is 13.6 Å². The van der Waals surface area contributed by atoms with E-state index in [2.05, 4.69) is 0 Å². The summed E-state index contributed by atoms with van der Waals surface area (Å²) in [5.41, 5.74) is -1.43. The molecular weight excluding hydrogens is 436 g/mol. The lowest BCUT2D eigenvalue weighted by Gasteiger charge is -2.24. The lowest BCUT2D eigenvalue weighted by Crippen LogP contribution is -2.32. The fraction of sp³-hybridized carbons (Fsp3) is 0.375. The zero-order valence-electron chi connectivity index (χ0n) is 18.8. The second-order valence-corrected chi connectivity index (χ2v) is 8.51. The summed E-state index contributed by atoms with van der Waals surface area (Å²) in [7, 11) is 0. The minimum Gasteiger partial charge on any atom is -0.462 e. The number of rotatable bonds is 9. The minimum atomic E-state index is -1.47. The van der Waals surface area contributed by atoms with Crippen LogP contribution in [-0.4, -0.2) is 29.1 Å². The number of nitro groups is 1. The van der Waals surface area contributed by atoms with Gasteiger partial charge in [-0.3, -0.25) is 19.7 Å². The van der Waals surface area contributed by atoms with Gasteiger partial charge in [0.15, 0.2) is 17.4 Å². The molecule has 2 aromatic carbocycles. The number of carbonyl (C=O) groups is 3. The topological polar surface area (TPSA) is 104 Å². The van der Waals surface area contributed by atoms with Crippen molar-refractivity contribution >= 4 is 23.2 Å². The largest absolute Gasteiger partial charge is 0.462 e. The molecule has 0 saturated heterocycles. The van der Waals surface area contributed by atoms with E-state index in [0.29, 0.717) is 5.56 Å². The number of esters is 1. The predicted molar refractivity (Wildman–Crippen MR) is 116 cm³/mol. The van der Waals surface area contributed by atoms with Crippen LogP contribution in [-0.2, 0) is 20.7 Å². The predicted octanol–water partition coefficient (Wildman–Crippen LogP) is 4.95. The van der Waals surface area contributed by atoms with Gasteiger partial charge in [0.1, 0.15) is 11.7 Å². The summed E-state index contributed by atoms with van der Waals surface area (Å²) < 4.78 is 31.5. The molecule has 0 bridgehead atoms. The first-order chi connectivity index (χ1) is 15.4. The van der Waals surface area contributed by atoms with Crippen molar-refractivity contribution in [1.82, 2.24) is 0 Å². The average molecular weight is 461 g/mol. The number of carbonyl (C=O) groups excluding carboxylic acids is 3. The Hall–Kier alpha value is -3.49. The van der Waals surface area contributed by atoms with Crippen LogP contribution in [0.1, 0.15) is 61.5 Å². The van der Waals surface area contributed by atoms with Crippen molar-refractivity contribution < 1.29 is 32.8 Å². The number of ketones is 2. The van der Waals surface area contributed by atoms with Crippen molar-refractivity contribution in [2.75, 3.05) is 6.61 Å². The van der Waals surface area contributed by atoms with Crippen LogP contribution in [0, 0.1) is 27.2 Å². The van der Waals surface area contributed by atoms with Gasteiger partial charge in [-0.1, -0.05) is 32.9 Å². The number of ether oxygens (including phenoxy) is 1. The SMILES string of the molecule is CCOC(=O)c1ccc(C(C(=O)CCc2ccc(F)c(F)c2)C(=O)C(C)(C)C)c([N+](=O)[O-])c1. The summed E-state index contributed by atoms with van der Waals surface area (Å²) in [4.78, 5) is 49.3. The van der Waals surface area contributed by atoms with Crippen LogP contribution in [0.4, 0.5) is 14.5 Å². The Morgan fingerprint density at radius 2 is 1.73 bits per heavy atom. The average Bonchev–Trinajstić information content (AvgIpc) is 2.74. The molecule has 0 heterocycles. The Bertz CT molecular complexity index is 1090. The molecule has 0 N–H and O–H groups in total. The molecule has 0 spiro atoms. The molecule has 176 valence electrons. The molecule has 7 nitrogen and oxygen atoms in total. The van der Waals surface area contributed by atoms with Crippen LogP contribution in [0.5, 0.6) is 0 Å². The molecule has 0 amide bonds. The van der Waals surface area contributed by atoms with E-state index >= 15 is 0 Å². The summed E-state index contributed by atoms with van der Waals surface area (Å²) in [6, 6.07) is 6.69. The number of nitro benzene ring substituents is 1. The van der Waals surface area contributed by atoms with E-state index in [1.807, 2.05) is 0 Å². The molecule has 2 aromatic rings. The summed E-state index contributed by atoms with van der Waals surface area (Å²) >= 11 is 0. The van der Waals surface area contributed by atoms with Crippen LogP contribution < -0.4 is 0 Å². The monoisotopic (exact) mass is 461 g/mol. The summed E-state index contributed by atoms with van der Waals surface area (Å²) in [6.45, 7) is 6.42. The Labute approximate surface area is 189 Å². The molecular formula is C24H25F2NO6. The number of hydrogen-bond acceptors (Lipinski definition) is 6. The van der Waals surface area contributed by atoms with E-state index < -0.39 is 51.1 Å². The maximum atomic E-state index is 13.5. The second-order valence-electron chi connectivity index (χ2n) is 8.51. The first kappa shape index (κ1) is 25.8. The second kappa shape index (κ2) is 10.4. The highest BCUT2D eigenvalue weighted by molar-refractivity contribution is 6.10. The molecule has 0 saturated carbocycles. The van der Waals surface area contributed by atoms with Crippen molar-refractivity contribution in [2.24, 2.45) is 5.41 Å². The van der Waals surface area contributed by atoms with Gasteiger partial charge in [-0.2, -0.15) is 0 Å². The van der Waals surface area contributed by atoms with Gasteiger partial charge in [0.25, 0.3) is 5.69 Å². The molecule has 1 unspecified atom stereocenters. The van der Waals surface area contributed by atoms with E-state index in [-0.39, 0.29) is 30.6 Å². The van der Waals surface area contributed by atoms with Gasteiger partial charge in [-0.05, 0) is 37.1 Å². The first-order valence-corrected chi connectivity index (χ1v) is 10.3. The van der Waals surface area contributed by atoms with E-state index in [1.165, 1.54) is 18.2 Å². The highest BCUT2D eigenvalue weighted by Crippen LogP contribution is 2.35. The zero-order valence-corrected chi connectivity index (χ0v) is 18.8. The van der Waals surface area contributed by atoms with Gasteiger partial charge in [-0.15, -0.1) is 0 Å². The molecule has 1 atom stereocenters. The van der Waals surface area contributed by atoms with Crippen molar-refractivity contribution in [3.63, 3.8) is 0 Å². The van der Waals surface area contributed by atoms with Crippen LogP contribution >= 0.6 is 0 Å². The van der Waals surface area contributed by atoms with Crippen molar-refractivity contribution in [1.29, 1.82) is 0 Å². The number of halogens is 2. The van der Waals surface area contributed by atoms with Crippen LogP contribution in [0.25, 0.3) is 0 Å². The van der Waals surface area contributed by atoms with Gasteiger partial charge < -0.3 is 4.74 Å². The summed E-state index contributed by atoms with van der Waals surface area (Å²) in [6.07, 6.45) is -0.215. The third kappa shape index (κ3) is 6.27. The number of hydrogen-bond donors (Lipinski definition) is 0. The number of nitrogens with zero attached hydrogens (tertiary/aromatic N) is 1. The Morgan fingerprint density at radius 1 is 1.06 bits per heavy atom. The van der Waals surface area contributed by atoms with E-state index in [1.54, 1.807) is 27.7 Å². The van der Waals surface area contributed by atoms with E-state index in [9.17, 15) is 33.3 Å². The number of benzene rings is 2. The van der Waals surface area contributed by atoms with Gasteiger partial charge >= 0.3 is 5.97 Å². The van der Waals surface area contributed by atoms with Gasteiger partial charge in [0.05, 0.1) is 17.1 Å². The number of Topliss-reactive ketones (excluding diaryl/α,β-unsaturated/α-hetero) is 2. The maximum Gasteiger partial charge on any atom is 0.338 e. The first-order valence-electron chi connectivity index (χ1n) is 10.3. The van der Waals surface area contributed by atoms with Gasteiger partial charge in [0, 0.05) is 23.5 Å². The lowest BCUT2D eigenvalue weighted by molar-refractivity contribution is -0.385. The highest BCUT2D eigenvalue weighted by atomic mass is 19.2. The number of aryl methyl sites for hydroxylation is 1. The maximum absolute atomic E-state index is 13.5. The molecule has 0 radical (unpaired) electrons. The molecule has 0 aromatic heterocycles. The zero-order chi connectivity index (χ0) is 24.9. The van der Waals surface area contributed by atoms with Crippen molar-refractivity contribution in [2.45, 2.75) is 46.5 Å². The molecule has 33 heavy (non-hydrogen) atoms. The summed E-state index contributed by atoms with van der Waals surface area (Å²) in [5.74, 6) is -5.46. The van der Waals surface area contributed by atoms with E-state index in [4.69, 9.17) is 4.74 Å². The molecule has 0 aliphatic carbocycles. The third-order valence-electron chi connectivity index (χ3n) is 5.02. The Kier molecular flexibility index (Phi) is 8.13. The Morgan fingerprint density at radius 3 is 2.27 bits per heavy atom. The van der Waals surface area contributed by atoms with Crippen LogP contribution in [0.15, 0.2) is 36.4 Å². The van der Waals surface area contributed by atoms with E-state index in [0.717, 1.165) is 18.2 Å². The highest BCUT2D eigenvalue weighted by Gasteiger charge is 2.39. The molecule has 0 fully saturated rings. The Balaban J connectivity index is 2.47. The molecule has 0 aliphatic heterocycles. The third-order valence-corrected chi connectivity index (χ3v) is 5.02. The smallest absolute Gasteiger partial charge is 0.338 e. The minimum absolute atomic E-state index is 0.0126. The van der Waals surface area contributed by atoms with Crippen molar-refractivity contribution in [3.8, 4) is 0 Å². The van der Waals surface area contributed by atoms with Crippen molar-refractivity contribution in [3.05, 3.63) is 74.8 Å². The fourth-order valence-electron chi connectivity index (χ4n) is 3.29. The quantitative estimate of drug-likeness (QED) is 0.227. The van der Waals surface area contributed by atoms with Crippen LogP contribution in [0.3, 0.4) is 0 Å². The molecule has 2 rings (SSSR count). The van der Waals surface area contributed by atoms with Crippen LogP contribution in [0.2, 0.25) is 0 Å². The fourth-order valence-corrected chi connectivity index (χ4v) is 3.29. The lowest BCUT2D eigenvalue weighted by atomic mass is 9.76.